The molecule has 140 valence electrons. The van der Waals surface area contributed by atoms with Crippen LogP contribution in [0.4, 0.5) is 0 Å². The first kappa shape index (κ1) is 19.0. The Labute approximate surface area is 160 Å². The summed E-state index contributed by atoms with van der Waals surface area (Å²) >= 11 is 2.82. The normalized spacial score (nSPS) is 15.0. The maximum absolute atomic E-state index is 12.2. The largest absolute Gasteiger partial charge is 0.497 e. The second-order valence-corrected chi connectivity index (χ2v) is 8.04. The Morgan fingerprint density at radius 3 is 2.73 bits per heavy atom. The first-order chi connectivity index (χ1) is 12.6. The van der Waals surface area contributed by atoms with Crippen LogP contribution in [0, 0.1) is 0 Å². The van der Waals surface area contributed by atoms with Gasteiger partial charge in [-0.1, -0.05) is 11.3 Å². The van der Waals surface area contributed by atoms with E-state index in [0.717, 1.165) is 48.4 Å². The summed E-state index contributed by atoms with van der Waals surface area (Å²) in [6, 6.07) is 5.85. The number of rotatable bonds is 6. The van der Waals surface area contributed by atoms with Crippen LogP contribution < -0.4 is 9.54 Å². The molecule has 1 aromatic carbocycles. The van der Waals surface area contributed by atoms with Gasteiger partial charge in [0.1, 0.15) is 5.75 Å². The van der Waals surface area contributed by atoms with E-state index in [1.807, 2.05) is 34.6 Å². The number of benzene rings is 1. The zero-order valence-electron chi connectivity index (χ0n) is 15.1. The molecule has 2 aromatic rings. The number of thioether (sulfide) groups is 1. The van der Waals surface area contributed by atoms with Crippen LogP contribution >= 0.6 is 23.1 Å². The van der Waals surface area contributed by atoms with E-state index in [1.54, 1.807) is 7.11 Å². The molecule has 0 unspecified atom stereocenters. The lowest BCUT2D eigenvalue weighted by Crippen LogP contribution is -2.29. The van der Waals surface area contributed by atoms with Crippen molar-refractivity contribution < 1.29 is 14.3 Å². The molecule has 2 heterocycles. The molecular weight excluding hydrogens is 370 g/mol. The van der Waals surface area contributed by atoms with Gasteiger partial charge in [-0.05, 0) is 38.0 Å². The number of aryl methyl sites for hydroxylation is 1. The molecule has 0 bridgehead atoms. The van der Waals surface area contributed by atoms with E-state index < -0.39 is 0 Å². The molecule has 3 rings (SSSR count). The van der Waals surface area contributed by atoms with Gasteiger partial charge in [-0.2, -0.15) is 4.99 Å². The van der Waals surface area contributed by atoms with Gasteiger partial charge in [0.15, 0.2) is 4.80 Å². The number of nitrogens with zero attached hydrogens (tertiary/aromatic N) is 3. The van der Waals surface area contributed by atoms with Crippen molar-refractivity contribution in [1.29, 1.82) is 0 Å². The number of thiazole rings is 1. The van der Waals surface area contributed by atoms with Gasteiger partial charge < -0.3 is 14.2 Å². The highest BCUT2D eigenvalue weighted by molar-refractivity contribution is 8.00. The summed E-state index contributed by atoms with van der Waals surface area (Å²) in [6.07, 6.45) is 2.16. The fraction of sp³-hybridized carbons (Fsp3) is 0.500. The monoisotopic (exact) mass is 393 g/mol. The van der Waals surface area contributed by atoms with Crippen LogP contribution in [0.15, 0.2) is 23.2 Å². The zero-order valence-corrected chi connectivity index (χ0v) is 16.7. The van der Waals surface area contributed by atoms with E-state index in [-0.39, 0.29) is 17.6 Å². The van der Waals surface area contributed by atoms with Crippen LogP contribution in [0.1, 0.15) is 19.8 Å². The second kappa shape index (κ2) is 8.73. The van der Waals surface area contributed by atoms with Gasteiger partial charge in [0.25, 0.3) is 5.91 Å². The van der Waals surface area contributed by atoms with Crippen molar-refractivity contribution in [2.45, 2.75) is 26.3 Å². The smallest absolute Gasteiger partial charge is 0.258 e. The maximum Gasteiger partial charge on any atom is 0.258 e. The minimum atomic E-state index is -0.204. The molecule has 1 aromatic heterocycles. The SMILES string of the molecule is CCn1c(=NC(=O)CSCC(=O)N2CCCC2)sc2cc(OC)ccc21. The Morgan fingerprint density at radius 2 is 2.04 bits per heavy atom. The van der Waals surface area contributed by atoms with Crippen LogP contribution in [0.2, 0.25) is 0 Å². The first-order valence-electron chi connectivity index (χ1n) is 8.73. The van der Waals surface area contributed by atoms with Crippen molar-refractivity contribution in [3.63, 3.8) is 0 Å². The molecule has 1 fully saturated rings. The average molecular weight is 394 g/mol. The van der Waals surface area contributed by atoms with Crippen molar-refractivity contribution in [3.05, 3.63) is 23.0 Å². The van der Waals surface area contributed by atoms with Crippen LogP contribution in [0.5, 0.6) is 5.75 Å². The number of likely N-dealkylation sites (tertiary alicyclic amines) is 1. The highest BCUT2D eigenvalue weighted by atomic mass is 32.2. The van der Waals surface area contributed by atoms with Crippen LogP contribution in [0.3, 0.4) is 0 Å². The van der Waals surface area contributed by atoms with E-state index in [9.17, 15) is 9.59 Å². The van der Waals surface area contributed by atoms with Crippen LogP contribution in [-0.4, -0.2) is 53.0 Å². The van der Waals surface area contributed by atoms with Gasteiger partial charge in [0.2, 0.25) is 5.91 Å². The topological polar surface area (TPSA) is 63.9 Å². The predicted molar refractivity (Wildman–Crippen MR) is 106 cm³/mol. The molecule has 1 aliphatic heterocycles. The highest BCUT2D eigenvalue weighted by Gasteiger charge is 2.17. The summed E-state index contributed by atoms with van der Waals surface area (Å²) in [5.74, 6) is 1.28. The number of hydrogen-bond donors (Lipinski definition) is 0. The van der Waals surface area contributed by atoms with Gasteiger partial charge in [-0.15, -0.1) is 11.8 Å². The lowest BCUT2D eigenvalue weighted by Gasteiger charge is -2.14. The quantitative estimate of drug-likeness (QED) is 0.756. The number of methoxy groups -OCH3 is 1. The lowest BCUT2D eigenvalue weighted by atomic mass is 10.3. The number of aromatic nitrogens is 1. The van der Waals surface area contributed by atoms with Crippen molar-refractivity contribution in [2.75, 3.05) is 31.7 Å². The third kappa shape index (κ3) is 4.29. The standard InChI is InChI=1S/C18H23N3O3S2/c1-3-21-14-7-6-13(24-2)10-15(14)26-18(21)19-16(22)11-25-12-17(23)20-8-4-5-9-20/h6-7,10H,3-5,8-9,11-12H2,1-2H3. The van der Waals surface area contributed by atoms with Crippen LogP contribution in [-0.2, 0) is 16.1 Å². The fourth-order valence-electron chi connectivity index (χ4n) is 2.99. The van der Waals surface area contributed by atoms with E-state index in [4.69, 9.17) is 4.74 Å². The number of fused-ring (bicyclic) bond motifs is 1. The molecule has 0 saturated carbocycles. The van der Waals surface area contributed by atoms with E-state index in [2.05, 4.69) is 4.99 Å². The Hall–Kier alpha value is -1.80. The highest BCUT2D eigenvalue weighted by Crippen LogP contribution is 2.23. The maximum atomic E-state index is 12.2. The van der Waals surface area contributed by atoms with Crippen LogP contribution in [0.25, 0.3) is 10.2 Å². The van der Waals surface area contributed by atoms with Gasteiger partial charge in [0.05, 0.1) is 28.8 Å². The number of carbonyl (C=O) groups is 2. The molecule has 0 aliphatic carbocycles. The van der Waals surface area contributed by atoms with Crippen molar-refractivity contribution in [2.24, 2.45) is 4.99 Å². The number of amides is 2. The van der Waals surface area contributed by atoms with E-state index >= 15 is 0 Å². The summed E-state index contributed by atoms with van der Waals surface area (Å²) < 4.78 is 8.33. The third-order valence-corrected chi connectivity index (χ3v) is 6.28. The minimum Gasteiger partial charge on any atom is -0.497 e. The first-order valence-corrected chi connectivity index (χ1v) is 10.7. The molecule has 0 spiro atoms. The van der Waals surface area contributed by atoms with Crippen molar-refractivity contribution in [3.8, 4) is 5.75 Å². The summed E-state index contributed by atoms with van der Waals surface area (Å²) in [6.45, 7) is 4.46. The Kier molecular flexibility index (Phi) is 6.37. The average Bonchev–Trinajstić information content (AvgIpc) is 3.28. The van der Waals surface area contributed by atoms with Crippen molar-refractivity contribution in [1.82, 2.24) is 9.47 Å². The van der Waals surface area contributed by atoms with E-state index in [1.165, 1.54) is 23.1 Å². The summed E-state index contributed by atoms with van der Waals surface area (Å²) in [5.41, 5.74) is 1.04. The summed E-state index contributed by atoms with van der Waals surface area (Å²) in [7, 11) is 1.64. The Morgan fingerprint density at radius 1 is 1.27 bits per heavy atom. The molecule has 0 radical (unpaired) electrons. The molecule has 8 heteroatoms. The summed E-state index contributed by atoms with van der Waals surface area (Å²) in [5, 5.41) is 0. The number of hydrogen-bond acceptors (Lipinski definition) is 5. The number of ether oxygens (including phenoxy) is 1. The second-order valence-electron chi connectivity index (χ2n) is 6.05. The predicted octanol–water partition coefficient (Wildman–Crippen LogP) is 2.51. The molecule has 6 nitrogen and oxygen atoms in total. The van der Waals surface area contributed by atoms with Gasteiger partial charge in [0, 0.05) is 19.6 Å². The van der Waals surface area contributed by atoms with Gasteiger partial charge in [-0.3, -0.25) is 9.59 Å². The summed E-state index contributed by atoms with van der Waals surface area (Å²) in [4.78, 5) is 31.1. The third-order valence-electron chi connectivity index (χ3n) is 4.34. The molecule has 2 amide bonds. The Bertz CT molecular complexity index is 866. The molecule has 26 heavy (non-hydrogen) atoms. The molecule has 0 atom stereocenters. The van der Waals surface area contributed by atoms with E-state index in [0.29, 0.717) is 10.6 Å². The van der Waals surface area contributed by atoms with Gasteiger partial charge >= 0.3 is 0 Å². The molecule has 1 saturated heterocycles. The van der Waals surface area contributed by atoms with Gasteiger partial charge in [-0.25, -0.2) is 0 Å². The molecule has 0 N–H and O–H groups in total. The minimum absolute atomic E-state index is 0.123. The lowest BCUT2D eigenvalue weighted by molar-refractivity contribution is -0.127. The fourth-order valence-corrected chi connectivity index (χ4v) is 4.83. The molecule has 1 aliphatic rings. The zero-order chi connectivity index (χ0) is 18.5. The Balaban J connectivity index is 1.68. The molecular formula is C18H23N3O3S2. The number of carbonyl (C=O) groups excluding carboxylic acids is 2. The van der Waals surface area contributed by atoms with Crippen molar-refractivity contribution >= 4 is 45.1 Å².